The molecule has 0 amide bonds. The maximum atomic E-state index is 13.1. The van der Waals surface area contributed by atoms with Gasteiger partial charge in [0.2, 0.25) is 0 Å². The first-order valence-corrected chi connectivity index (χ1v) is 42.0. The Morgan fingerprint density at radius 2 is 0.519 bits per heavy atom. The second-order valence-electron chi connectivity index (χ2n) is 25.1. The maximum absolute atomic E-state index is 13.1. The van der Waals surface area contributed by atoms with Crippen LogP contribution in [0.4, 0.5) is 0 Å². The molecule has 0 aromatic rings. The van der Waals surface area contributed by atoms with E-state index in [1.165, 1.54) is 38.5 Å². The lowest BCUT2D eigenvalue weighted by molar-refractivity contribution is -0.161. The number of allylic oxidation sites excluding steroid dienone is 30. The zero-order valence-electron chi connectivity index (χ0n) is 64.1. The molecule has 0 aliphatic heterocycles. The van der Waals surface area contributed by atoms with E-state index in [2.05, 4.69) is 192 Å². The van der Waals surface area contributed by atoms with E-state index >= 15 is 0 Å². The normalized spacial score (nSPS) is 14.9. The number of rotatable bonds is 71. The van der Waals surface area contributed by atoms with Crippen molar-refractivity contribution in [1.82, 2.24) is 0 Å². The van der Waals surface area contributed by atoms with Crippen molar-refractivity contribution in [3.63, 3.8) is 0 Å². The zero-order chi connectivity index (χ0) is 76.0. The van der Waals surface area contributed by atoms with Crippen LogP contribution in [0.15, 0.2) is 182 Å². The molecule has 3 N–H and O–H groups in total. The Morgan fingerprint density at radius 1 is 0.279 bits per heavy atom. The van der Waals surface area contributed by atoms with Crippen LogP contribution in [0.3, 0.4) is 0 Å². The summed E-state index contributed by atoms with van der Waals surface area (Å²) < 4.78 is 68.4. The van der Waals surface area contributed by atoms with E-state index in [4.69, 9.17) is 37.0 Å². The number of hydrogen-bond donors (Lipinski definition) is 3. The zero-order valence-corrected chi connectivity index (χ0v) is 65.9. The minimum Gasteiger partial charge on any atom is -0.462 e. The molecule has 588 valence electrons. The van der Waals surface area contributed by atoms with Gasteiger partial charge in [-0.3, -0.25) is 37.3 Å². The minimum absolute atomic E-state index is 0.0247. The van der Waals surface area contributed by atoms with Gasteiger partial charge in [-0.2, -0.15) is 0 Å². The number of carbonyl (C=O) groups is 4. The van der Waals surface area contributed by atoms with Crippen molar-refractivity contribution in [1.29, 1.82) is 0 Å². The van der Waals surface area contributed by atoms with Gasteiger partial charge >= 0.3 is 39.5 Å². The van der Waals surface area contributed by atoms with Crippen molar-refractivity contribution in [2.45, 2.75) is 290 Å². The lowest BCUT2D eigenvalue weighted by Crippen LogP contribution is -2.30. The molecule has 0 saturated carbocycles. The van der Waals surface area contributed by atoms with Crippen molar-refractivity contribution in [3.8, 4) is 0 Å². The van der Waals surface area contributed by atoms with Gasteiger partial charge in [-0.1, -0.05) is 261 Å². The van der Waals surface area contributed by atoms with Crippen LogP contribution < -0.4 is 0 Å². The molecule has 0 aliphatic rings. The number of ether oxygens (including phenoxy) is 4. The number of aliphatic hydroxyl groups is 1. The van der Waals surface area contributed by atoms with Gasteiger partial charge in [0, 0.05) is 25.7 Å². The standard InChI is InChI=1S/C85H136O17P2/c1-5-9-13-17-21-25-29-33-37-38-39-40-44-46-50-54-58-62-66-70-83(88)96-76-81(102-85(90)72-68-64-60-56-52-48-43-36-32-28-24-20-16-12-8-4)78-100-104(93,94)98-74-79(86)73-97-103(91,92)99-77-80(101-84(89)71-67-63-59-55-51-47-42-35-31-27-23-19-15-11-7-3)75-95-82(87)69-65-61-57-53-49-45-41-34-30-26-22-18-14-10-6-2/h9-11,13-15,21-23,25-27,33-37,39-43,46,49-51,53,55,58,62,79-81,86H,5-8,12,16-20,24,28-32,38,44-45,47-48,52,54,56-57,59-61,63-78H2,1-4H3,(H,91,92)(H,93,94)/b13-9-,14-10-,15-11-,25-21-,26-22-,27-23-,37-33-,40-39-,41-34-,42-35-,43-36-,50-46-,53-49-,55-51-,62-58-. The summed E-state index contributed by atoms with van der Waals surface area (Å²) in [6.07, 6.45) is 90.5. The molecule has 0 aromatic carbocycles. The molecular formula is C85H136O17P2. The summed E-state index contributed by atoms with van der Waals surface area (Å²) >= 11 is 0. The molecule has 0 bridgehead atoms. The summed E-state index contributed by atoms with van der Waals surface area (Å²) in [6, 6.07) is 0. The summed E-state index contributed by atoms with van der Waals surface area (Å²) in [5.74, 6) is -2.40. The number of esters is 4. The first-order chi connectivity index (χ1) is 50.7. The Hall–Kier alpha value is -5.84. The highest BCUT2D eigenvalue weighted by Crippen LogP contribution is 2.45. The number of unbranched alkanes of at least 4 members (excludes halogenated alkanes) is 15. The van der Waals surface area contributed by atoms with E-state index in [1.54, 1.807) is 0 Å². The summed E-state index contributed by atoms with van der Waals surface area (Å²) in [7, 11) is -10.0. The largest absolute Gasteiger partial charge is 0.472 e. The van der Waals surface area contributed by atoms with Crippen molar-refractivity contribution < 1.29 is 80.2 Å². The monoisotopic (exact) mass is 1490 g/mol. The highest BCUT2D eigenvalue weighted by molar-refractivity contribution is 7.47. The summed E-state index contributed by atoms with van der Waals surface area (Å²) in [4.78, 5) is 72.9. The molecule has 19 heteroatoms. The van der Waals surface area contributed by atoms with Gasteiger partial charge in [0.15, 0.2) is 12.2 Å². The van der Waals surface area contributed by atoms with Gasteiger partial charge in [-0.15, -0.1) is 0 Å². The van der Waals surface area contributed by atoms with Crippen LogP contribution in [-0.4, -0.2) is 96.7 Å². The third-order valence-corrected chi connectivity index (χ3v) is 17.3. The molecule has 0 radical (unpaired) electrons. The lowest BCUT2D eigenvalue weighted by Gasteiger charge is -2.21. The van der Waals surface area contributed by atoms with Gasteiger partial charge in [-0.05, 0) is 167 Å². The number of phosphoric ester groups is 2. The summed E-state index contributed by atoms with van der Waals surface area (Å²) in [5, 5.41) is 10.6. The molecule has 0 spiro atoms. The Kier molecular flexibility index (Phi) is 71.2. The van der Waals surface area contributed by atoms with E-state index < -0.39 is 97.5 Å². The molecule has 0 fully saturated rings. The van der Waals surface area contributed by atoms with Gasteiger partial charge in [-0.25, -0.2) is 9.13 Å². The fourth-order valence-electron chi connectivity index (χ4n) is 9.51. The second-order valence-corrected chi connectivity index (χ2v) is 28.1. The molecule has 17 nitrogen and oxygen atoms in total. The van der Waals surface area contributed by atoms with E-state index in [0.29, 0.717) is 38.5 Å². The number of hydrogen-bond acceptors (Lipinski definition) is 15. The molecule has 5 unspecified atom stereocenters. The second kappa shape index (κ2) is 75.4. The fourth-order valence-corrected chi connectivity index (χ4v) is 11.1. The lowest BCUT2D eigenvalue weighted by atomic mass is 10.1. The average molecular weight is 1490 g/mol. The molecular weight excluding hydrogens is 1350 g/mol. The molecule has 5 atom stereocenters. The quantitative estimate of drug-likeness (QED) is 0.0169. The van der Waals surface area contributed by atoms with Crippen molar-refractivity contribution in [2.75, 3.05) is 39.6 Å². The first-order valence-electron chi connectivity index (χ1n) is 39.0. The van der Waals surface area contributed by atoms with Gasteiger partial charge in [0.1, 0.15) is 19.3 Å². The van der Waals surface area contributed by atoms with Crippen molar-refractivity contribution in [2.24, 2.45) is 0 Å². The maximum Gasteiger partial charge on any atom is 0.472 e. The van der Waals surface area contributed by atoms with Crippen LogP contribution in [0.2, 0.25) is 0 Å². The van der Waals surface area contributed by atoms with Crippen LogP contribution in [-0.2, 0) is 65.4 Å². The van der Waals surface area contributed by atoms with E-state index in [1.807, 2.05) is 18.2 Å². The highest BCUT2D eigenvalue weighted by atomic mass is 31.2. The summed E-state index contributed by atoms with van der Waals surface area (Å²) in [6.45, 7) is 4.30. The number of carbonyl (C=O) groups excluding carboxylic acids is 4. The molecule has 0 heterocycles. The van der Waals surface area contributed by atoms with Crippen LogP contribution in [0.1, 0.15) is 272 Å². The molecule has 0 aromatic heterocycles. The third kappa shape index (κ3) is 74.4. The third-order valence-electron chi connectivity index (χ3n) is 15.4. The fraction of sp³-hybridized carbons (Fsp3) is 0.600. The van der Waals surface area contributed by atoms with E-state index in [-0.39, 0.29) is 25.7 Å². The Morgan fingerprint density at radius 3 is 0.856 bits per heavy atom. The predicted octanol–water partition coefficient (Wildman–Crippen LogP) is 22.8. The molecule has 104 heavy (non-hydrogen) atoms. The average Bonchev–Trinajstić information content (AvgIpc) is 0.918. The highest BCUT2D eigenvalue weighted by Gasteiger charge is 2.30. The van der Waals surface area contributed by atoms with Crippen molar-refractivity contribution in [3.05, 3.63) is 182 Å². The number of aliphatic hydroxyl groups excluding tert-OH is 1. The number of phosphoric acid groups is 2. The van der Waals surface area contributed by atoms with Crippen LogP contribution in [0.25, 0.3) is 0 Å². The van der Waals surface area contributed by atoms with E-state index in [9.17, 15) is 43.2 Å². The van der Waals surface area contributed by atoms with Crippen molar-refractivity contribution >= 4 is 39.5 Å². The molecule has 0 saturated heterocycles. The Labute approximate surface area is 628 Å². The minimum atomic E-state index is -5.01. The first kappa shape index (κ1) is 98.2. The van der Waals surface area contributed by atoms with E-state index in [0.717, 1.165) is 141 Å². The van der Waals surface area contributed by atoms with Gasteiger partial charge in [0.25, 0.3) is 0 Å². The Bertz CT molecular complexity index is 2690. The Balaban J connectivity index is 5.52. The molecule has 0 rings (SSSR count). The van der Waals surface area contributed by atoms with Gasteiger partial charge < -0.3 is 33.8 Å². The van der Waals surface area contributed by atoms with Gasteiger partial charge in [0.05, 0.1) is 26.4 Å². The van der Waals surface area contributed by atoms with Crippen LogP contribution >= 0.6 is 15.6 Å². The topological polar surface area (TPSA) is 237 Å². The SMILES string of the molecule is CC/C=C\C/C=C\C/C=C\C/C=C\C/C=C\C/C=C\CCC(=O)OCC(COP(=O)(O)OCC(O)COP(=O)(O)OCC(COC(=O)CCCC/C=C\C/C=C\C/C=C\C/C=C\CC)OC(=O)CCCC/C=C\C/C=C\C/C=C\C/C=C\CC)OC(=O)CCCCCCC/C=C\CCCCCCCC. The summed E-state index contributed by atoms with van der Waals surface area (Å²) in [5.41, 5.74) is 0. The smallest absolute Gasteiger partial charge is 0.462 e. The van der Waals surface area contributed by atoms with Crippen LogP contribution in [0.5, 0.6) is 0 Å². The molecule has 0 aliphatic carbocycles. The van der Waals surface area contributed by atoms with Crippen LogP contribution in [0, 0.1) is 0 Å². The predicted molar refractivity (Wildman–Crippen MR) is 426 cm³/mol.